The second kappa shape index (κ2) is 3.98. The molecule has 0 spiro atoms. The molecule has 0 unspecified atom stereocenters. The lowest BCUT2D eigenvalue weighted by molar-refractivity contribution is -0.107. The number of rotatable bonds is 2. The molecule has 1 heterocycles. The first-order valence-corrected chi connectivity index (χ1v) is 5.59. The molecular formula is C15H11NO. The Morgan fingerprint density at radius 1 is 0.941 bits per heavy atom. The van der Waals surface area contributed by atoms with Gasteiger partial charge in [0.25, 0.3) is 0 Å². The van der Waals surface area contributed by atoms with Crippen molar-refractivity contribution in [2.45, 2.75) is 6.42 Å². The van der Waals surface area contributed by atoms with Crippen LogP contribution in [0.15, 0.2) is 48.5 Å². The standard InChI is InChI=1S/C15H11NO/c17-8-7-11-5-6-15-13(9-11)10-12-3-1-2-4-14(12)16-15/h1-6,8-10H,7H2. The molecule has 0 fully saturated rings. The van der Waals surface area contributed by atoms with Gasteiger partial charge in [0.15, 0.2) is 0 Å². The summed E-state index contributed by atoms with van der Waals surface area (Å²) in [6, 6.07) is 16.1. The fourth-order valence-electron chi connectivity index (χ4n) is 2.05. The summed E-state index contributed by atoms with van der Waals surface area (Å²) in [5.74, 6) is 0. The highest BCUT2D eigenvalue weighted by molar-refractivity contribution is 5.93. The fourth-order valence-corrected chi connectivity index (χ4v) is 2.05. The molecule has 82 valence electrons. The maximum Gasteiger partial charge on any atom is 0.124 e. The normalized spacial score (nSPS) is 10.8. The molecule has 2 aromatic carbocycles. The van der Waals surface area contributed by atoms with Gasteiger partial charge in [-0.2, -0.15) is 0 Å². The summed E-state index contributed by atoms with van der Waals surface area (Å²) in [6.07, 6.45) is 1.39. The number of fused-ring (bicyclic) bond motifs is 2. The number of hydrogen-bond donors (Lipinski definition) is 0. The number of benzene rings is 2. The average molecular weight is 221 g/mol. The molecular weight excluding hydrogens is 210 g/mol. The van der Waals surface area contributed by atoms with Gasteiger partial charge in [0.2, 0.25) is 0 Å². The zero-order valence-corrected chi connectivity index (χ0v) is 9.26. The van der Waals surface area contributed by atoms with Gasteiger partial charge in [0.05, 0.1) is 11.0 Å². The van der Waals surface area contributed by atoms with Crippen LogP contribution in [0.3, 0.4) is 0 Å². The predicted octanol–water partition coefficient (Wildman–Crippen LogP) is 3.13. The van der Waals surface area contributed by atoms with Crippen LogP contribution < -0.4 is 0 Å². The number of carbonyl (C=O) groups is 1. The molecule has 0 N–H and O–H groups in total. The topological polar surface area (TPSA) is 30.0 Å². The Balaban J connectivity index is 2.28. The molecule has 0 amide bonds. The van der Waals surface area contributed by atoms with Crippen LogP contribution in [0.2, 0.25) is 0 Å². The van der Waals surface area contributed by atoms with Gasteiger partial charge in [0, 0.05) is 17.2 Å². The quantitative estimate of drug-likeness (QED) is 0.491. The first-order chi connectivity index (χ1) is 8.36. The third kappa shape index (κ3) is 1.78. The molecule has 0 radical (unpaired) electrons. The van der Waals surface area contributed by atoms with E-state index in [-0.39, 0.29) is 0 Å². The van der Waals surface area contributed by atoms with E-state index in [1.807, 2.05) is 42.5 Å². The van der Waals surface area contributed by atoms with Crippen LogP contribution >= 0.6 is 0 Å². The molecule has 0 aliphatic rings. The Morgan fingerprint density at radius 2 is 1.76 bits per heavy atom. The Bertz CT molecular complexity index is 703. The Morgan fingerprint density at radius 3 is 2.65 bits per heavy atom. The van der Waals surface area contributed by atoms with E-state index >= 15 is 0 Å². The van der Waals surface area contributed by atoms with Crippen LogP contribution in [0.5, 0.6) is 0 Å². The lowest BCUT2D eigenvalue weighted by atomic mass is 10.1. The van der Waals surface area contributed by atoms with E-state index in [9.17, 15) is 4.79 Å². The van der Waals surface area contributed by atoms with E-state index in [1.165, 1.54) is 0 Å². The van der Waals surface area contributed by atoms with Crippen LogP contribution in [-0.4, -0.2) is 11.3 Å². The smallest absolute Gasteiger partial charge is 0.124 e. The van der Waals surface area contributed by atoms with Crippen molar-refractivity contribution in [3.63, 3.8) is 0 Å². The Kier molecular flexibility index (Phi) is 2.33. The molecule has 0 aliphatic carbocycles. The number of carbonyl (C=O) groups excluding carboxylic acids is 1. The Labute approximate surface area is 98.9 Å². The lowest BCUT2D eigenvalue weighted by Gasteiger charge is -2.03. The van der Waals surface area contributed by atoms with Crippen molar-refractivity contribution >= 4 is 28.1 Å². The maximum absolute atomic E-state index is 10.5. The molecule has 0 aliphatic heterocycles. The molecule has 17 heavy (non-hydrogen) atoms. The van der Waals surface area contributed by atoms with Crippen LogP contribution in [0.25, 0.3) is 21.8 Å². The van der Waals surface area contributed by atoms with E-state index in [0.29, 0.717) is 6.42 Å². The summed E-state index contributed by atoms with van der Waals surface area (Å²) in [4.78, 5) is 15.1. The monoisotopic (exact) mass is 221 g/mol. The van der Waals surface area contributed by atoms with Gasteiger partial charge in [-0.1, -0.05) is 24.3 Å². The zero-order valence-electron chi connectivity index (χ0n) is 9.26. The van der Waals surface area contributed by atoms with Crippen LogP contribution in [0.1, 0.15) is 5.56 Å². The largest absolute Gasteiger partial charge is 0.303 e. The molecule has 2 nitrogen and oxygen atoms in total. The summed E-state index contributed by atoms with van der Waals surface area (Å²) in [6.45, 7) is 0. The van der Waals surface area contributed by atoms with Crippen LogP contribution in [0.4, 0.5) is 0 Å². The minimum absolute atomic E-state index is 0.461. The number of aldehydes is 1. The molecule has 0 saturated carbocycles. The molecule has 0 saturated heterocycles. The van der Waals surface area contributed by atoms with Gasteiger partial charge in [-0.25, -0.2) is 4.98 Å². The zero-order chi connectivity index (χ0) is 11.7. The van der Waals surface area contributed by atoms with Gasteiger partial charge in [-0.15, -0.1) is 0 Å². The summed E-state index contributed by atoms with van der Waals surface area (Å²) >= 11 is 0. The molecule has 2 heteroatoms. The van der Waals surface area contributed by atoms with Crippen LogP contribution in [-0.2, 0) is 11.2 Å². The van der Waals surface area contributed by atoms with Gasteiger partial charge in [-0.05, 0) is 29.8 Å². The predicted molar refractivity (Wildman–Crippen MR) is 69.0 cm³/mol. The SMILES string of the molecule is O=CCc1ccc2nc3ccccc3cc2c1. The first-order valence-electron chi connectivity index (χ1n) is 5.59. The number of aromatic nitrogens is 1. The third-order valence-corrected chi connectivity index (χ3v) is 2.90. The first kappa shape index (κ1) is 9.97. The summed E-state index contributed by atoms with van der Waals surface area (Å²) < 4.78 is 0. The van der Waals surface area contributed by atoms with E-state index in [2.05, 4.69) is 11.1 Å². The van der Waals surface area contributed by atoms with E-state index in [0.717, 1.165) is 33.7 Å². The van der Waals surface area contributed by atoms with Crippen molar-refractivity contribution in [3.05, 3.63) is 54.1 Å². The van der Waals surface area contributed by atoms with Crippen molar-refractivity contribution < 1.29 is 4.79 Å². The fraction of sp³-hybridized carbons (Fsp3) is 0.0667. The van der Waals surface area contributed by atoms with Gasteiger partial charge >= 0.3 is 0 Å². The third-order valence-electron chi connectivity index (χ3n) is 2.90. The highest BCUT2D eigenvalue weighted by Crippen LogP contribution is 2.20. The summed E-state index contributed by atoms with van der Waals surface area (Å²) in [5, 5.41) is 2.21. The molecule has 3 aromatic rings. The summed E-state index contributed by atoms with van der Waals surface area (Å²) in [7, 11) is 0. The van der Waals surface area contributed by atoms with Crippen LogP contribution in [0, 0.1) is 0 Å². The molecule has 3 rings (SSSR count). The van der Waals surface area contributed by atoms with Crippen molar-refractivity contribution in [1.82, 2.24) is 4.98 Å². The summed E-state index contributed by atoms with van der Waals surface area (Å²) in [5.41, 5.74) is 3.01. The average Bonchev–Trinajstić information content (AvgIpc) is 2.36. The van der Waals surface area contributed by atoms with E-state index < -0.39 is 0 Å². The van der Waals surface area contributed by atoms with E-state index in [1.54, 1.807) is 0 Å². The Hall–Kier alpha value is -2.22. The second-order valence-corrected chi connectivity index (χ2v) is 4.08. The minimum atomic E-state index is 0.461. The second-order valence-electron chi connectivity index (χ2n) is 4.08. The minimum Gasteiger partial charge on any atom is -0.303 e. The number of nitrogens with zero attached hydrogens (tertiary/aromatic N) is 1. The van der Waals surface area contributed by atoms with Crippen molar-refractivity contribution in [1.29, 1.82) is 0 Å². The van der Waals surface area contributed by atoms with Gasteiger partial charge in [0.1, 0.15) is 6.29 Å². The van der Waals surface area contributed by atoms with Crippen molar-refractivity contribution in [2.24, 2.45) is 0 Å². The molecule has 0 atom stereocenters. The van der Waals surface area contributed by atoms with Gasteiger partial charge in [-0.3, -0.25) is 0 Å². The van der Waals surface area contributed by atoms with Crippen molar-refractivity contribution in [2.75, 3.05) is 0 Å². The number of pyridine rings is 1. The number of para-hydroxylation sites is 1. The highest BCUT2D eigenvalue weighted by Gasteiger charge is 2.00. The lowest BCUT2D eigenvalue weighted by Crippen LogP contribution is -1.87. The van der Waals surface area contributed by atoms with Gasteiger partial charge < -0.3 is 4.79 Å². The van der Waals surface area contributed by atoms with Crippen molar-refractivity contribution in [3.8, 4) is 0 Å². The molecule has 1 aromatic heterocycles. The number of hydrogen-bond acceptors (Lipinski definition) is 2. The maximum atomic E-state index is 10.5. The molecule has 0 bridgehead atoms. The highest BCUT2D eigenvalue weighted by atomic mass is 16.1. The van der Waals surface area contributed by atoms with E-state index in [4.69, 9.17) is 0 Å².